The minimum atomic E-state index is 0. The summed E-state index contributed by atoms with van der Waals surface area (Å²) in [7, 11) is 0. The number of aliphatic hydroxyl groups is 1. The molecule has 7 heteroatoms. The standard InChI is InChI=1S/C20H22N4O.2ClH/c25-15-14-23-10-12-24(13-11-23)20-17-8-4-5-9-18(17)21-19(22-20)16-6-2-1-3-7-16;;/h1-9,25H,10-15H2;2*1H. The van der Waals surface area contributed by atoms with Gasteiger partial charge in [-0.1, -0.05) is 42.5 Å². The molecule has 1 aliphatic heterocycles. The van der Waals surface area contributed by atoms with Crippen LogP contribution in [0, 0.1) is 0 Å². The van der Waals surface area contributed by atoms with Crippen LogP contribution in [0.25, 0.3) is 22.3 Å². The van der Waals surface area contributed by atoms with Crippen LogP contribution in [0.1, 0.15) is 0 Å². The summed E-state index contributed by atoms with van der Waals surface area (Å²) >= 11 is 0. The Morgan fingerprint density at radius 3 is 2.19 bits per heavy atom. The smallest absolute Gasteiger partial charge is 0.162 e. The van der Waals surface area contributed by atoms with Crippen LogP contribution in [0.2, 0.25) is 0 Å². The first kappa shape index (κ1) is 21.4. The van der Waals surface area contributed by atoms with E-state index in [4.69, 9.17) is 15.1 Å². The van der Waals surface area contributed by atoms with Gasteiger partial charge < -0.3 is 10.0 Å². The first-order chi connectivity index (χ1) is 12.3. The van der Waals surface area contributed by atoms with Gasteiger partial charge in [-0.25, -0.2) is 9.97 Å². The van der Waals surface area contributed by atoms with Gasteiger partial charge in [-0.05, 0) is 12.1 Å². The second-order valence-corrected chi connectivity index (χ2v) is 6.31. The van der Waals surface area contributed by atoms with Crippen molar-refractivity contribution in [1.29, 1.82) is 0 Å². The number of aliphatic hydroxyl groups excluding tert-OH is 1. The van der Waals surface area contributed by atoms with Gasteiger partial charge >= 0.3 is 0 Å². The van der Waals surface area contributed by atoms with E-state index in [0.29, 0.717) is 0 Å². The van der Waals surface area contributed by atoms with Gasteiger partial charge in [0.2, 0.25) is 0 Å². The highest BCUT2D eigenvalue weighted by molar-refractivity contribution is 5.91. The molecular formula is C20H24Cl2N4O. The maximum absolute atomic E-state index is 9.13. The summed E-state index contributed by atoms with van der Waals surface area (Å²) in [6.45, 7) is 4.67. The molecule has 0 saturated carbocycles. The number of β-amino-alcohol motifs (C(OH)–C–C–N with tert-alkyl or cyclic N) is 1. The fraction of sp³-hybridized carbons (Fsp3) is 0.300. The Hall–Kier alpha value is -1.92. The maximum Gasteiger partial charge on any atom is 0.162 e. The second-order valence-electron chi connectivity index (χ2n) is 6.31. The summed E-state index contributed by atoms with van der Waals surface area (Å²) in [6.07, 6.45) is 0. The summed E-state index contributed by atoms with van der Waals surface area (Å²) in [6, 6.07) is 18.3. The predicted octanol–water partition coefficient (Wildman–Crippen LogP) is 3.25. The van der Waals surface area contributed by atoms with Gasteiger partial charge in [-0.2, -0.15) is 0 Å². The Morgan fingerprint density at radius 2 is 1.48 bits per heavy atom. The minimum Gasteiger partial charge on any atom is -0.395 e. The molecule has 5 nitrogen and oxygen atoms in total. The number of fused-ring (bicyclic) bond motifs is 1. The van der Waals surface area contributed by atoms with E-state index in [1.807, 2.05) is 42.5 Å². The van der Waals surface area contributed by atoms with Crippen molar-refractivity contribution in [2.45, 2.75) is 0 Å². The third-order valence-corrected chi connectivity index (χ3v) is 4.70. The molecule has 1 fully saturated rings. The number of aromatic nitrogens is 2. The number of rotatable bonds is 4. The minimum absolute atomic E-state index is 0. The van der Waals surface area contributed by atoms with Crippen LogP contribution in [0.3, 0.4) is 0 Å². The summed E-state index contributed by atoms with van der Waals surface area (Å²) in [4.78, 5) is 14.3. The largest absolute Gasteiger partial charge is 0.395 e. The van der Waals surface area contributed by atoms with Crippen LogP contribution in [0.5, 0.6) is 0 Å². The molecule has 4 rings (SSSR count). The lowest BCUT2D eigenvalue weighted by Crippen LogP contribution is -2.47. The molecular weight excluding hydrogens is 383 g/mol. The fourth-order valence-corrected chi connectivity index (χ4v) is 3.34. The molecule has 0 spiro atoms. The van der Waals surface area contributed by atoms with Crippen LogP contribution < -0.4 is 4.90 Å². The van der Waals surface area contributed by atoms with Crippen molar-refractivity contribution < 1.29 is 5.11 Å². The van der Waals surface area contributed by atoms with Crippen molar-refractivity contribution >= 4 is 41.5 Å². The molecule has 0 unspecified atom stereocenters. The SMILES string of the molecule is Cl.Cl.OCCN1CCN(c2nc(-c3ccccc3)nc3ccccc23)CC1. The van der Waals surface area contributed by atoms with Gasteiger partial charge in [0.15, 0.2) is 5.82 Å². The van der Waals surface area contributed by atoms with Crippen molar-refractivity contribution in [2.75, 3.05) is 44.2 Å². The Kier molecular flexibility index (Phi) is 7.80. The monoisotopic (exact) mass is 406 g/mol. The Balaban J connectivity index is 0.00000131. The van der Waals surface area contributed by atoms with Crippen LogP contribution >= 0.6 is 24.8 Å². The molecule has 0 aliphatic carbocycles. The van der Waals surface area contributed by atoms with Crippen molar-refractivity contribution in [3.63, 3.8) is 0 Å². The molecule has 144 valence electrons. The lowest BCUT2D eigenvalue weighted by Gasteiger charge is -2.35. The van der Waals surface area contributed by atoms with E-state index in [-0.39, 0.29) is 31.4 Å². The normalized spacial score (nSPS) is 14.5. The van der Waals surface area contributed by atoms with Crippen molar-refractivity contribution in [3.05, 3.63) is 54.6 Å². The van der Waals surface area contributed by atoms with Gasteiger partial charge in [0.25, 0.3) is 0 Å². The lowest BCUT2D eigenvalue weighted by molar-refractivity contribution is 0.188. The fourth-order valence-electron chi connectivity index (χ4n) is 3.34. The second kappa shape index (κ2) is 9.85. The van der Waals surface area contributed by atoms with Gasteiger partial charge in [-0.15, -0.1) is 24.8 Å². The first-order valence-corrected chi connectivity index (χ1v) is 8.75. The zero-order valence-corrected chi connectivity index (χ0v) is 16.6. The molecule has 2 aromatic carbocycles. The Labute approximate surface area is 171 Å². The highest BCUT2D eigenvalue weighted by atomic mass is 35.5. The Morgan fingerprint density at radius 1 is 0.815 bits per heavy atom. The molecule has 0 radical (unpaired) electrons. The van der Waals surface area contributed by atoms with Crippen molar-refractivity contribution in [2.24, 2.45) is 0 Å². The van der Waals surface area contributed by atoms with Crippen molar-refractivity contribution in [1.82, 2.24) is 14.9 Å². The number of hydrogen-bond donors (Lipinski definition) is 1. The van der Waals surface area contributed by atoms with E-state index < -0.39 is 0 Å². The van der Waals surface area contributed by atoms with E-state index >= 15 is 0 Å². The molecule has 2 heterocycles. The van der Waals surface area contributed by atoms with E-state index in [0.717, 1.165) is 60.8 Å². The van der Waals surface area contributed by atoms with E-state index in [1.54, 1.807) is 0 Å². The number of hydrogen-bond acceptors (Lipinski definition) is 5. The van der Waals surface area contributed by atoms with E-state index in [9.17, 15) is 0 Å². The first-order valence-electron chi connectivity index (χ1n) is 8.75. The number of piperazine rings is 1. The quantitative estimate of drug-likeness (QED) is 0.720. The van der Waals surface area contributed by atoms with Crippen LogP contribution in [-0.4, -0.2) is 59.3 Å². The highest BCUT2D eigenvalue weighted by Crippen LogP contribution is 2.28. The number of para-hydroxylation sites is 1. The molecule has 0 atom stereocenters. The average molecular weight is 407 g/mol. The van der Waals surface area contributed by atoms with Crippen LogP contribution in [-0.2, 0) is 0 Å². The van der Waals surface area contributed by atoms with E-state index in [2.05, 4.69) is 21.9 Å². The average Bonchev–Trinajstić information content (AvgIpc) is 2.69. The topological polar surface area (TPSA) is 52.5 Å². The van der Waals surface area contributed by atoms with Gasteiger partial charge in [0, 0.05) is 43.7 Å². The molecule has 0 amide bonds. The van der Waals surface area contributed by atoms with Crippen LogP contribution in [0.15, 0.2) is 54.6 Å². The lowest BCUT2D eigenvalue weighted by atomic mass is 10.1. The van der Waals surface area contributed by atoms with Gasteiger partial charge in [0.05, 0.1) is 12.1 Å². The molecule has 1 saturated heterocycles. The van der Waals surface area contributed by atoms with E-state index in [1.165, 1.54) is 0 Å². The Bertz CT molecular complexity index is 855. The molecule has 1 aliphatic rings. The number of nitrogens with zero attached hydrogens (tertiary/aromatic N) is 4. The van der Waals surface area contributed by atoms with Gasteiger partial charge in [-0.3, -0.25) is 4.90 Å². The highest BCUT2D eigenvalue weighted by Gasteiger charge is 2.20. The molecule has 3 aromatic rings. The maximum atomic E-state index is 9.13. The zero-order chi connectivity index (χ0) is 17.1. The third kappa shape index (κ3) is 4.68. The molecule has 27 heavy (non-hydrogen) atoms. The van der Waals surface area contributed by atoms with Crippen LogP contribution in [0.4, 0.5) is 5.82 Å². The molecule has 0 bridgehead atoms. The summed E-state index contributed by atoms with van der Waals surface area (Å²) < 4.78 is 0. The number of benzene rings is 2. The van der Waals surface area contributed by atoms with Crippen molar-refractivity contribution in [3.8, 4) is 11.4 Å². The number of anilines is 1. The summed E-state index contributed by atoms with van der Waals surface area (Å²) in [5, 5.41) is 10.2. The third-order valence-electron chi connectivity index (χ3n) is 4.70. The molecule has 1 aromatic heterocycles. The predicted molar refractivity (Wildman–Crippen MR) is 115 cm³/mol. The summed E-state index contributed by atoms with van der Waals surface area (Å²) in [5.41, 5.74) is 2.01. The van der Waals surface area contributed by atoms with Gasteiger partial charge in [0.1, 0.15) is 5.82 Å². The molecule has 1 N–H and O–H groups in total. The number of halogens is 2. The zero-order valence-electron chi connectivity index (χ0n) is 15.0. The summed E-state index contributed by atoms with van der Waals surface area (Å²) in [5.74, 6) is 1.78.